The molecule has 0 bridgehead atoms. The Labute approximate surface area is 517 Å². The van der Waals surface area contributed by atoms with Crippen molar-refractivity contribution in [1.29, 1.82) is 0 Å². The van der Waals surface area contributed by atoms with Gasteiger partial charge < -0.3 is 33.8 Å². The number of unbranched alkanes of at least 4 members (excludes halogenated alkanes) is 41. The highest BCUT2D eigenvalue weighted by atomic mass is 31.2. The van der Waals surface area contributed by atoms with E-state index < -0.39 is 97.5 Å². The second-order valence-corrected chi connectivity index (χ2v) is 26.8. The van der Waals surface area contributed by atoms with E-state index in [1.165, 1.54) is 173 Å². The van der Waals surface area contributed by atoms with Crippen LogP contribution in [-0.4, -0.2) is 96.7 Å². The van der Waals surface area contributed by atoms with E-state index in [4.69, 9.17) is 37.0 Å². The average molecular weight is 1260 g/mol. The number of esters is 4. The van der Waals surface area contributed by atoms with Gasteiger partial charge >= 0.3 is 39.5 Å². The highest BCUT2D eigenvalue weighted by Crippen LogP contribution is 2.45. The molecule has 0 aromatic heterocycles. The number of carbonyl (C=O) groups excluding carboxylic acids is 4. The van der Waals surface area contributed by atoms with Crippen LogP contribution in [0.15, 0.2) is 0 Å². The Morgan fingerprint density at radius 2 is 0.471 bits per heavy atom. The van der Waals surface area contributed by atoms with Gasteiger partial charge in [-0.2, -0.15) is 0 Å². The number of hydrogen-bond donors (Lipinski definition) is 3. The molecule has 0 saturated heterocycles. The van der Waals surface area contributed by atoms with Gasteiger partial charge in [0.15, 0.2) is 12.2 Å². The highest BCUT2D eigenvalue weighted by molar-refractivity contribution is 7.47. The number of phosphoric ester groups is 2. The molecule has 3 N–H and O–H groups in total. The van der Waals surface area contributed by atoms with E-state index in [1.54, 1.807) is 0 Å². The van der Waals surface area contributed by atoms with Gasteiger partial charge in [0.25, 0.3) is 0 Å². The molecule has 0 heterocycles. The van der Waals surface area contributed by atoms with E-state index >= 15 is 0 Å². The predicted molar refractivity (Wildman–Crippen MR) is 340 cm³/mol. The number of aliphatic hydroxyl groups excluding tert-OH is 1. The summed E-state index contributed by atoms with van der Waals surface area (Å²) in [5, 5.41) is 10.5. The summed E-state index contributed by atoms with van der Waals surface area (Å²) in [4.78, 5) is 72.3. The van der Waals surface area contributed by atoms with E-state index in [1.807, 2.05) is 0 Å². The molecule has 0 spiro atoms. The van der Waals surface area contributed by atoms with Crippen LogP contribution in [0.1, 0.15) is 342 Å². The SMILES string of the molecule is CCCCCCCCCCCCCCCCC(=O)O[C@H](COC(=O)CCCCCCCCCCCCC)COP(=O)(O)OC[C@@H](O)COP(=O)(O)OC[C@@H](COC(=O)CCCCCCCCCCC)OC(=O)CCCCCCCCCCCCC. The summed E-state index contributed by atoms with van der Waals surface area (Å²) >= 11 is 0. The molecule has 0 fully saturated rings. The van der Waals surface area contributed by atoms with Crippen LogP contribution in [-0.2, 0) is 65.4 Å². The first-order valence-electron chi connectivity index (χ1n) is 34.8. The lowest BCUT2D eigenvalue weighted by atomic mass is 10.0. The Hall–Kier alpha value is -1.94. The zero-order valence-corrected chi connectivity index (χ0v) is 56.4. The summed E-state index contributed by atoms with van der Waals surface area (Å²) in [5.74, 6) is -2.13. The second kappa shape index (κ2) is 60.9. The molecule has 19 heteroatoms. The fourth-order valence-corrected chi connectivity index (χ4v) is 11.6. The molecular weight excluding hydrogens is 1130 g/mol. The molecule has 5 atom stereocenters. The fraction of sp³-hybridized carbons (Fsp3) is 0.939. The minimum atomic E-state index is -4.94. The fourth-order valence-electron chi connectivity index (χ4n) is 9.99. The number of aliphatic hydroxyl groups is 1. The molecule has 17 nitrogen and oxygen atoms in total. The van der Waals surface area contributed by atoms with Gasteiger partial charge in [0.2, 0.25) is 0 Å². The normalized spacial score (nSPS) is 14.1. The van der Waals surface area contributed by atoms with Crippen molar-refractivity contribution in [3.63, 3.8) is 0 Å². The van der Waals surface area contributed by atoms with Gasteiger partial charge in [-0.3, -0.25) is 37.3 Å². The molecule has 504 valence electrons. The predicted octanol–water partition coefficient (Wildman–Crippen LogP) is 18.7. The molecule has 0 radical (unpaired) electrons. The zero-order chi connectivity index (χ0) is 62.6. The first-order chi connectivity index (χ1) is 41.2. The standard InChI is InChI=1S/C66H128O17P2/c1-5-9-13-17-21-25-28-29-30-33-37-41-45-49-53-66(71)83-62(57-77-64(69)51-47-43-39-35-31-26-22-18-14-10-6-2)59-81-85(74,75)79-55-60(67)54-78-84(72,73)80-58-61(56-76-63(68)50-46-42-38-34-24-20-16-12-8-4)82-65(70)52-48-44-40-36-32-27-23-19-15-11-7-3/h60-62,67H,5-59H2,1-4H3,(H,72,73)(H,74,75)/t60-,61+,62+/m0/s1. The van der Waals surface area contributed by atoms with Gasteiger partial charge in [0.1, 0.15) is 19.3 Å². The zero-order valence-electron chi connectivity index (χ0n) is 54.6. The first-order valence-corrected chi connectivity index (χ1v) is 37.8. The Bertz CT molecular complexity index is 1640. The van der Waals surface area contributed by atoms with Crippen molar-refractivity contribution in [2.45, 2.75) is 361 Å². The molecule has 0 amide bonds. The molecule has 0 aromatic carbocycles. The Morgan fingerprint density at radius 3 is 0.694 bits per heavy atom. The summed E-state index contributed by atoms with van der Waals surface area (Å²) in [6.45, 7) is 4.90. The first kappa shape index (κ1) is 83.1. The average Bonchev–Trinajstić information content (AvgIpc) is 3.57. The minimum Gasteiger partial charge on any atom is -0.462 e. The lowest BCUT2D eigenvalue weighted by molar-refractivity contribution is -0.161. The van der Waals surface area contributed by atoms with Crippen LogP contribution in [0, 0.1) is 0 Å². The molecule has 0 aliphatic rings. The number of phosphoric acid groups is 2. The van der Waals surface area contributed by atoms with Crippen molar-refractivity contribution in [2.75, 3.05) is 39.6 Å². The lowest BCUT2D eigenvalue weighted by Gasteiger charge is -2.21. The summed E-state index contributed by atoms with van der Waals surface area (Å²) in [5.41, 5.74) is 0. The van der Waals surface area contributed by atoms with Crippen molar-refractivity contribution in [1.82, 2.24) is 0 Å². The third-order valence-electron chi connectivity index (χ3n) is 15.4. The quantitative estimate of drug-likeness (QED) is 0.0222. The summed E-state index contributed by atoms with van der Waals surface area (Å²) in [7, 11) is -9.89. The van der Waals surface area contributed by atoms with Crippen molar-refractivity contribution < 1.29 is 80.2 Å². The van der Waals surface area contributed by atoms with Crippen molar-refractivity contribution in [3.8, 4) is 0 Å². The van der Waals surface area contributed by atoms with Crippen molar-refractivity contribution in [2.24, 2.45) is 0 Å². The maximum Gasteiger partial charge on any atom is 0.472 e. The van der Waals surface area contributed by atoms with Crippen LogP contribution in [0.25, 0.3) is 0 Å². The number of hydrogen-bond acceptors (Lipinski definition) is 15. The topological polar surface area (TPSA) is 237 Å². The molecule has 85 heavy (non-hydrogen) atoms. The molecular formula is C66H128O17P2. The van der Waals surface area contributed by atoms with E-state index in [0.717, 1.165) is 89.9 Å². The van der Waals surface area contributed by atoms with Crippen LogP contribution in [0.4, 0.5) is 0 Å². The summed E-state index contributed by atoms with van der Waals surface area (Å²) < 4.78 is 68.1. The van der Waals surface area contributed by atoms with Gasteiger partial charge in [-0.15, -0.1) is 0 Å². The molecule has 0 aromatic rings. The van der Waals surface area contributed by atoms with Crippen LogP contribution >= 0.6 is 15.6 Å². The lowest BCUT2D eigenvalue weighted by Crippen LogP contribution is -2.30. The Kier molecular flexibility index (Phi) is 59.6. The number of ether oxygens (including phenoxy) is 4. The molecule has 0 rings (SSSR count). The van der Waals surface area contributed by atoms with Gasteiger partial charge in [-0.25, -0.2) is 9.13 Å². The maximum absolute atomic E-state index is 13.0. The summed E-state index contributed by atoms with van der Waals surface area (Å²) in [6, 6.07) is 0. The van der Waals surface area contributed by atoms with Gasteiger partial charge in [-0.05, 0) is 25.7 Å². The van der Waals surface area contributed by atoms with E-state index in [9.17, 15) is 43.2 Å². The van der Waals surface area contributed by atoms with E-state index in [-0.39, 0.29) is 25.7 Å². The van der Waals surface area contributed by atoms with Crippen molar-refractivity contribution in [3.05, 3.63) is 0 Å². The van der Waals surface area contributed by atoms with Crippen LogP contribution in [0.5, 0.6) is 0 Å². The number of carbonyl (C=O) groups is 4. The third-order valence-corrected chi connectivity index (χ3v) is 17.3. The maximum atomic E-state index is 13.0. The van der Waals surface area contributed by atoms with E-state index in [2.05, 4.69) is 27.7 Å². The smallest absolute Gasteiger partial charge is 0.462 e. The van der Waals surface area contributed by atoms with Crippen LogP contribution in [0.2, 0.25) is 0 Å². The van der Waals surface area contributed by atoms with Crippen LogP contribution in [0.3, 0.4) is 0 Å². The molecule has 0 saturated carbocycles. The minimum absolute atomic E-state index is 0.107. The van der Waals surface area contributed by atoms with Gasteiger partial charge in [0, 0.05) is 25.7 Å². The summed E-state index contributed by atoms with van der Waals surface area (Å²) in [6.07, 6.45) is 47.0. The Balaban J connectivity index is 5.23. The second-order valence-electron chi connectivity index (χ2n) is 23.9. The Morgan fingerprint density at radius 1 is 0.282 bits per heavy atom. The largest absolute Gasteiger partial charge is 0.472 e. The molecule has 0 aliphatic heterocycles. The van der Waals surface area contributed by atoms with Gasteiger partial charge in [-0.1, -0.05) is 291 Å². The third kappa shape index (κ3) is 60.7. The van der Waals surface area contributed by atoms with Crippen LogP contribution < -0.4 is 0 Å². The van der Waals surface area contributed by atoms with Gasteiger partial charge in [0.05, 0.1) is 26.4 Å². The van der Waals surface area contributed by atoms with Crippen molar-refractivity contribution >= 4 is 39.5 Å². The highest BCUT2D eigenvalue weighted by Gasteiger charge is 2.30. The molecule has 0 aliphatic carbocycles. The number of rotatable bonds is 67. The monoisotopic (exact) mass is 1250 g/mol. The molecule has 2 unspecified atom stereocenters. The van der Waals surface area contributed by atoms with E-state index in [0.29, 0.717) is 25.7 Å².